The van der Waals surface area contributed by atoms with Gasteiger partial charge in [0.25, 0.3) is 5.91 Å². The average Bonchev–Trinajstić information content (AvgIpc) is 2.21. The van der Waals surface area contributed by atoms with Crippen LogP contribution in [0.3, 0.4) is 0 Å². The quantitative estimate of drug-likeness (QED) is 0.659. The highest BCUT2D eigenvalue weighted by Gasteiger charge is 2.42. The fraction of sp³-hybridized carbons (Fsp3) is 0.417. The maximum Gasteiger partial charge on any atom is 0.408 e. The summed E-state index contributed by atoms with van der Waals surface area (Å²) in [6, 6.07) is 0.927. The van der Waals surface area contributed by atoms with Crippen LogP contribution >= 0.6 is 0 Å². The van der Waals surface area contributed by atoms with E-state index < -0.39 is 29.9 Å². The Morgan fingerprint density at radius 2 is 1.84 bits per heavy atom. The number of amides is 1. The Balaban J connectivity index is 2.94. The van der Waals surface area contributed by atoms with Gasteiger partial charge in [-0.1, -0.05) is 13.8 Å². The van der Waals surface area contributed by atoms with E-state index in [0.717, 1.165) is 18.2 Å². The van der Waals surface area contributed by atoms with E-state index in [2.05, 4.69) is 0 Å². The highest BCUT2D eigenvalue weighted by atomic mass is 19.4. The van der Waals surface area contributed by atoms with Crippen LogP contribution in [-0.2, 0) is 0 Å². The fourth-order valence-electron chi connectivity index (χ4n) is 1.59. The maximum atomic E-state index is 13.0. The number of nitrogen functional groups attached to an aromatic ring is 1. The minimum absolute atomic E-state index is 0.0294. The molecule has 0 heterocycles. The topological polar surface area (TPSA) is 55.1 Å². The highest BCUT2D eigenvalue weighted by molar-refractivity contribution is 5.95. The summed E-state index contributed by atoms with van der Waals surface area (Å²) < 4.78 is 51.1. The van der Waals surface area contributed by atoms with Crippen LogP contribution in [0.4, 0.5) is 23.2 Å². The summed E-state index contributed by atoms with van der Waals surface area (Å²) in [5.74, 6) is -2.63. The van der Waals surface area contributed by atoms with Gasteiger partial charge in [0, 0.05) is 11.3 Å². The number of hydrogen-bond acceptors (Lipinski definition) is 2. The monoisotopic (exact) mass is 278 g/mol. The van der Waals surface area contributed by atoms with E-state index in [9.17, 15) is 22.4 Å². The van der Waals surface area contributed by atoms with Crippen molar-refractivity contribution in [3.05, 3.63) is 29.6 Å². The molecule has 0 aliphatic carbocycles. The smallest absolute Gasteiger partial charge is 0.399 e. The Bertz CT molecular complexity index is 451. The molecule has 1 amide bonds. The SMILES string of the molecule is CC(C)C(NC(=O)c1cc(N)cc(F)c1)C(F)(F)F. The largest absolute Gasteiger partial charge is 0.408 e. The van der Waals surface area contributed by atoms with Crippen LogP contribution in [-0.4, -0.2) is 18.1 Å². The van der Waals surface area contributed by atoms with Crippen molar-refractivity contribution in [1.29, 1.82) is 0 Å². The summed E-state index contributed by atoms with van der Waals surface area (Å²) in [6.07, 6.45) is -4.57. The number of anilines is 1. The first-order valence-corrected chi connectivity index (χ1v) is 5.55. The molecule has 3 N–H and O–H groups in total. The molecular weight excluding hydrogens is 264 g/mol. The Morgan fingerprint density at radius 1 is 1.26 bits per heavy atom. The van der Waals surface area contributed by atoms with Crippen LogP contribution in [0.2, 0.25) is 0 Å². The summed E-state index contributed by atoms with van der Waals surface area (Å²) in [5, 5.41) is 1.84. The van der Waals surface area contributed by atoms with Crippen molar-refractivity contribution < 1.29 is 22.4 Å². The van der Waals surface area contributed by atoms with Crippen LogP contribution < -0.4 is 11.1 Å². The van der Waals surface area contributed by atoms with Gasteiger partial charge < -0.3 is 11.1 Å². The van der Waals surface area contributed by atoms with Crippen LogP contribution in [0.1, 0.15) is 24.2 Å². The molecule has 1 unspecified atom stereocenters. The second-order valence-corrected chi connectivity index (χ2v) is 4.51. The van der Waals surface area contributed by atoms with E-state index >= 15 is 0 Å². The number of alkyl halides is 3. The third-order valence-electron chi connectivity index (χ3n) is 2.49. The number of carbonyl (C=O) groups is 1. The minimum atomic E-state index is -4.57. The average molecular weight is 278 g/mol. The van der Waals surface area contributed by atoms with Crippen molar-refractivity contribution in [3.8, 4) is 0 Å². The highest BCUT2D eigenvalue weighted by Crippen LogP contribution is 2.26. The van der Waals surface area contributed by atoms with Gasteiger partial charge in [0.05, 0.1) is 0 Å². The lowest BCUT2D eigenvalue weighted by atomic mass is 10.0. The zero-order valence-electron chi connectivity index (χ0n) is 10.4. The van der Waals surface area contributed by atoms with Gasteiger partial charge in [-0.2, -0.15) is 13.2 Å². The van der Waals surface area contributed by atoms with Gasteiger partial charge in [-0.05, 0) is 24.1 Å². The van der Waals surface area contributed by atoms with Crippen molar-refractivity contribution in [3.63, 3.8) is 0 Å². The minimum Gasteiger partial charge on any atom is -0.399 e. The fourth-order valence-corrected chi connectivity index (χ4v) is 1.59. The number of nitrogens with two attached hydrogens (primary N) is 1. The van der Waals surface area contributed by atoms with Gasteiger partial charge >= 0.3 is 6.18 Å². The zero-order valence-corrected chi connectivity index (χ0v) is 10.4. The van der Waals surface area contributed by atoms with Gasteiger partial charge in [-0.25, -0.2) is 4.39 Å². The molecule has 0 aliphatic heterocycles. The number of hydrogen-bond donors (Lipinski definition) is 2. The number of carbonyl (C=O) groups excluding carboxylic acids is 1. The van der Waals surface area contributed by atoms with E-state index in [1.165, 1.54) is 13.8 Å². The van der Waals surface area contributed by atoms with Crippen molar-refractivity contribution in [2.45, 2.75) is 26.1 Å². The van der Waals surface area contributed by atoms with Crippen LogP contribution in [0.25, 0.3) is 0 Å². The third kappa shape index (κ3) is 4.11. The van der Waals surface area contributed by atoms with Gasteiger partial charge in [0.1, 0.15) is 11.9 Å². The second kappa shape index (κ2) is 5.46. The maximum absolute atomic E-state index is 13.0. The second-order valence-electron chi connectivity index (χ2n) is 4.51. The summed E-state index contributed by atoms with van der Waals surface area (Å²) in [7, 11) is 0. The predicted octanol–water partition coefficient (Wildman–Crippen LogP) is 2.72. The molecule has 0 radical (unpaired) electrons. The van der Waals surface area contributed by atoms with Crippen LogP contribution in [0, 0.1) is 11.7 Å². The summed E-state index contributed by atoms with van der Waals surface area (Å²) >= 11 is 0. The molecule has 0 fully saturated rings. The standard InChI is InChI=1S/C12H14F4N2O/c1-6(2)10(12(14,15)16)18-11(19)7-3-8(13)5-9(17)4-7/h3-6,10H,17H2,1-2H3,(H,18,19). The molecule has 0 bridgehead atoms. The molecule has 0 aliphatic rings. The van der Waals surface area contributed by atoms with Gasteiger partial charge in [0.15, 0.2) is 0 Å². The molecule has 0 saturated carbocycles. The Kier molecular flexibility index (Phi) is 4.39. The predicted molar refractivity (Wildman–Crippen MR) is 63.0 cm³/mol. The van der Waals surface area contributed by atoms with Gasteiger partial charge in [-0.3, -0.25) is 4.79 Å². The number of nitrogens with one attached hydrogen (secondary N) is 1. The molecular formula is C12H14F4N2O. The molecule has 0 saturated heterocycles. The van der Waals surface area contributed by atoms with Crippen molar-refractivity contribution >= 4 is 11.6 Å². The van der Waals surface area contributed by atoms with Gasteiger partial charge in [0.2, 0.25) is 0 Å². The Morgan fingerprint density at radius 3 is 2.26 bits per heavy atom. The van der Waals surface area contributed by atoms with E-state index in [-0.39, 0.29) is 11.3 Å². The lowest BCUT2D eigenvalue weighted by molar-refractivity contribution is -0.162. The van der Waals surface area contributed by atoms with Crippen molar-refractivity contribution in [2.24, 2.45) is 5.92 Å². The lowest BCUT2D eigenvalue weighted by Crippen LogP contribution is -2.48. The molecule has 0 aromatic heterocycles. The van der Waals surface area contributed by atoms with Gasteiger partial charge in [-0.15, -0.1) is 0 Å². The summed E-state index contributed by atoms with van der Waals surface area (Å²) in [5.41, 5.74) is 5.06. The van der Waals surface area contributed by atoms with Crippen LogP contribution in [0.5, 0.6) is 0 Å². The van der Waals surface area contributed by atoms with Crippen LogP contribution in [0.15, 0.2) is 18.2 Å². The molecule has 106 valence electrons. The molecule has 1 atom stereocenters. The zero-order chi connectivity index (χ0) is 14.8. The molecule has 0 spiro atoms. The van der Waals surface area contributed by atoms with Crippen molar-refractivity contribution in [2.75, 3.05) is 5.73 Å². The molecule has 1 aromatic carbocycles. The molecule has 1 aromatic rings. The first-order chi connectivity index (χ1) is 8.61. The molecule has 7 heteroatoms. The normalized spacial score (nSPS) is 13.4. The number of benzene rings is 1. The number of rotatable bonds is 3. The van der Waals surface area contributed by atoms with E-state index in [1.54, 1.807) is 0 Å². The first kappa shape index (κ1) is 15.3. The Hall–Kier alpha value is -1.79. The number of halogens is 4. The van der Waals surface area contributed by atoms with E-state index in [0.29, 0.717) is 0 Å². The first-order valence-electron chi connectivity index (χ1n) is 5.55. The van der Waals surface area contributed by atoms with E-state index in [1.807, 2.05) is 5.32 Å². The molecule has 3 nitrogen and oxygen atoms in total. The third-order valence-corrected chi connectivity index (χ3v) is 2.49. The summed E-state index contributed by atoms with van der Waals surface area (Å²) in [4.78, 5) is 11.7. The molecule has 1 rings (SSSR count). The summed E-state index contributed by atoms with van der Waals surface area (Å²) in [6.45, 7) is 2.66. The molecule has 19 heavy (non-hydrogen) atoms. The van der Waals surface area contributed by atoms with Crippen molar-refractivity contribution in [1.82, 2.24) is 5.32 Å². The lowest BCUT2D eigenvalue weighted by Gasteiger charge is -2.24. The Labute approximate surface area is 107 Å². The van der Waals surface area contributed by atoms with E-state index in [4.69, 9.17) is 5.73 Å².